The third-order valence-electron chi connectivity index (χ3n) is 2.47. The highest BCUT2D eigenvalue weighted by atomic mass is 32.1. The molecule has 4 N–H and O–H groups in total. The molecule has 104 valence electrons. The van der Waals surface area contributed by atoms with Crippen LogP contribution in [0.3, 0.4) is 0 Å². The Balaban J connectivity index is 2.20. The van der Waals surface area contributed by atoms with Crippen LogP contribution < -0.4 is 11.1 Å². The number of hydrogen-bond acceptors (Lipinski definition) is 5. The van der Waals surface area contributed by atoms with E-state index in [1.54, 1.807) is 6.92 Å². The molecule has 8 heteroatoms. The van der Waals surface area contributed by atoms with Crippen molar-refractivity contribution in [2.45, 2.75) is 6.92 Å². The van der Waals surface area contributed by atoms with Gasteiger partial charge in [0, 0.05) is 5.56 Å². The number of thiazole rings is 1. The molecule has 0 atom stereocenters. The van der Waals surface area contributed by atoms with E-state index in [4.69, 9.17) is 10.9 Å². The van der Waals surface area contributed by atoms with Gasteiger partial charge in [0.2, 0.25) is 0 Å². The first-order valence-electron chi connectivity index (χ1n) is 5.52. The maximum Gasteiger partial charge on any atom is 0.267 e. The summed E-state index contributed by atoms with van der Waals surface area (Å²) in [5.74, 6) is -1.32. The van der Waals surface area contributed by atoms with E-state index in [1.807, 2.05) is 0 Å². The summed E-state index contributed by atoms with van der Waals surface area (Å²) in [6.07, 6.45) is 1.43. The number of anilines is 1. The zero-order valence-corrected chi connectivity index (χ0v) is 11.2. The maximum absolute atomic E-state index is 13.8. The molecule has 0 unspecified atom stereocenters. The molecular formula is C12H11FN4O2S. The number of hydrogen-bond donors (Lipinski definition) is 3. The zero-order valence-electron chi connectivity index (χ0n) is 10.4. The van der Waals surface area contributed by atoms with Gasteiger partial charge in [-0.05, 0) is 25.1 Å². The van der Waals surface area contributed by atoms with Crippen molar-refractivity contribution in [3.05, 3.63) is 45.7 Å². The second-order valence-corrected chi connectivity index (χ2v) is 5.11. The summed E-state index contributed by atoms with van der Waals surface area (Å²) in [6.45, 7) is 1.77. The molecule has 0 radical (unpaired) electrons. The Hall–Kier alpha value is -2.48. The van der Waals surface area contributed by atoms with Gasteiger partial charge in [0.15, 0.2) is 5.84 Å². The Labute approximate surface area is 117 Å². The van der Waals surface area contributed by atoms with Crippen molar-refractivity contribution in [2.24, 2.45) is 10.9 Å². The Morgan fingerprint density at radius 2 is 2.30 bits per heavy atom. The number of rotatable bonds is 3. The number of carbonyl (C=O) groups is 1. The molecule has 6 nitrogen and oxygen atoms in total. The van der Waals surface area contributed by atoms with Crippen molar-refractivity contribution in [1.29, 1.82) is 0 Å². The summed E-state index contributed by atoms with van der Waals surface area (Å²) >= 11 is 1.21. The van der Waals surface area contributed by atoms with E-state index in [0.717, 1.165) is 11.1 Å². The molecule has 2 aromatic rings. The van der Waals surface area contributed by atoms with Gasteiger partial charge in [0.25, 0.3) is 5.91 Å². The largest absolute Gasteiger partial charge is 0.409 e. The number of nitrogens with one attached hydrogen (secondary N) is 1. The lowest BCUT2D eigenvalue weighted by Crippen LogP contribution is -2.15. The molecule has 2 rings (SSSR count). The first-order chi connectivity index (χ1) is 9.51. The van der Waals surface area contributed by atoms with Crippen LogP contribution in [0.4, 0.5) is 10.1 Å². The second-order valence-electron chi connectivity index (χ2n) is 3.88. The molecule has 20 heavy (non-hydrogen) atoms. The van der Waals surface area contributed by atoms with Crippen molar-refractivity contribution >= 4 is 28.8 Å². The van der Waals surface area contributed by atoms with E-state index >= 15 is 0 Å². The molecule has 0 aliphatic carbocycles. The fraction of sp³-hybridized carbons (Fsp3) is 0.0833. The predicted molar refractivity (Wildman–Crippen MR) is 73.7 cm³/mol. The molecular weight excluding hydrogens is 283 g/mol. The van der Waals surface area contributed by atoms with Crippen LogP contribution >= 0.6 is 11.3 Å². The number of amidine groups is 1. The smallest absolute Gasteiger partial charge is 0.267 e. The Bertz CT molecular complexity index is 684. The van der Waals surface area contributed by atoms with Crippen LogP contribution in [-0.4, -0.2) is 21.9 Å². The minimum atomic E-state index is -0.677. The van der Waals surface area contributed by atoms with Crippen LogP contribution in [0.5, 0.6) is 0 Å². The number of carbonyl (C=O) groups excluding carboxylic acids is 1. The van der Waals surface area contributed by atoms with Crippen molar-refractivity contribution in [3.63, 3.8) is 0 Å². The lowest BCUT2D eigenvalue weighted by atomic mass is 10.2. The number of aromatic nitrogens is 1. The number of halogens is 1. The first kappa shape index (κ1) is 13.9. The minimum absolute atomic E-state index is 0.00976. The number of benzene rings is 1. The van der Waals surface area contributed by atoms with Gasteiger partial charge < -0.3 is 16.3 Å². The molecule has 1 heterocycles. The van der Waals surface area contributed by atoms with Crippen LogP contribution in [0.15, 0.2) is 29.6 Å². The van der Waals surface area contributed by atoms with Gasteiger partial charge >= 0.3 is 0 Å². The van der Waals surface area contributed by atoms with Gasteiger partial charge in [-0.25, -0.2) is 9.37 Å². The maximum atomic E-state index is 13.8. The standard InChI is InChI=1S/C12H11FN4O2S/c1-6-15-5-10(20-6)12(18)16-9-3-2-7(4-8(9)13)11(14)17-19/h2-5,19H,1H3,(H2,14,17)(H,16,18). The summed E-state index contributed by atoms with van der Waals surface area (Å²) < 4.78 is 13.8. The Morgan fingerprint density at radius 3 is 2.85 bits per heavy atom. The number of oxime groups is 1. The number of aryl methyl sites for hydroxylation is 1. The quantitative estimate of drug-likeness (QED) is 0.348. The normalized spacial score (nSPS) is 11.4. The number of nitrogens with two attached hydrogens (primary N) is 1. The van der Waals surface area contributed by atoms with Gasteiger partial charge in [-0.3, -0.25) is 4.79 Å². The first-order valence-corrected chi connectivity index (χ1v) is 6.34. The van der Waals surface area contributed by atoms with Gasteiger partial charge in [-0.1, -0.05) is 5.16 Å². The highest BCUT2D eigenvalue weighted by Crippen LogP contribution is 2.18. The molecule has 0 saturated heterocycles. The van der Waals surface area contributed by atoms with E-state index in [0.29, 0.717) is 4.88 Å². The van der Waals surface area contributed by atoms with Crippen LogP contribution in [-0.2, 0) is 0 Å². The summed E-state index contributed by atoms with van der Waals surface area (Å²) in [6, 6.07) is 3.85. The number of nitrogens with zero attached hydrogens (tertiary/aromatic N) is 2. The molecule has 0 aliphatic rings. The topological polar surface area (TPSA) is 101 Å². The zero-order chi connectivity index (χ0) is 14.7. The molecule has 0 spiro atoms. The fourth-order valence-electron chi connectivity index (χ4n) is 1.48. The van der Waals surface area contributed by atoms with Crippen molar-refractivity contribution in [1.82, 2.24) is 4.98 Å². The molecule has 0 bridgehead atoms. The lowest BCUT2D eigenvalue weighted by Gasteiger charge is -2.06. The molecule has 0 fully saturated rings. The SMILES string of the molecule is Cc1ncc(C(=O)Nc2ccc(/C(N)=N/O)cc2F)s1. The molecule has 0 saturated carbocycles. The summed E-state index contributed by atoms with van der Waals surface area (Å²) in [4.78, 5) is 16.2. The van der Waals surface area contributed by atoms with Crippen molar-refractivity contribution < 1.29 is 14.4 Å². The van der Waals surface area contributed by atoms with Crippen LogP contribution in [0.2, 0.25) is 0 Å². The van der Waals surface area contributed by atoms with E-state index in [9.17, 15) is 9.18 Å². The monoisotopic (exact) mass is 294 g/mol. The highest BCUT2D eigenvalue weighted by Gasteiger charge is 2.13. The van der Waals surface area contributed by atoms with Gasteiger partial charge in [-0.15, -0.1) is 11.3 Å². The summed E-state index contributed by atoms with van der Waals surface area (Å²) in [7, 11) is 0. The average molecular weight is 294 g/mol. The predicted octanol–water partition coefficient (Wildman–Crippen LogP) is 1.94. The van der Waals surface area contributed by atoms with Crippen molar-refractivity contribution in [2.75, 3.05) is 5.32 Å². The van der Waals surface area contributed by atoms with Gasteiger partial charge in [0.1, 0.15) is 10.7 Å². The second kappa shape index (κ2) is 5.66. The Morgan fingerprint density at radius 1 is 1.55 bits per heavy atom. The molecule has 0 aliphatic heterocycles. The third-order valence-corrected chi connectivity index (χ3v) is 3.38. The van der Waals surface area contributed by atoms with E-state index in [2.05, 4.69) is 15.5 Å². The van der Waals surface area contributed by atoms with Crippen LogP contribution in [0, 0.1) is 12.7 Å². The molecule has 1 aromatic carbocycles. The molecule has 1 aromatic heterocycles. The van der Waals surface area contributed by atoms with Crippen molar-refractivity contribution in [3.8, 4) is 0 Å². The summed E-state index contributed by atoms with van der Waals surface area (Å²) in [5, 5.41) is 14.5. The number of amides is 1. The average Bonchev–Trinajstić information content (AvgIpc) is 2.86. The van der Waals surface area contributed by atoms with Crippen LogP contribution in [0.25, 0.3) is 0 Å². The lowest BCUT2D eigenvalue weighted by molar-refractivity contribution is 0.103. The highest BCUT2D eigenvalue weighted by molar-refractivity contribution is 7.13. The van der Waals surface area contributed by atoms with Gasteiger partial charge in [0.05, 0.1) is 16.9 Å². The third kappa shape index (κ3) is 2.91. The fourth-order valence-corrected chi connectivity index (χ4v) is 2.16. The van der Waals surface area contributed by atoms with Crippen LogP contribution in [0.1, 0.15) is 20.2 Å². The van der Waals surface area contributed by atoms with E-state index in [-0.39, 0.29) is 17.1 Å². The van der Waals surface area contributed by atoms with E-state index < -0.39 is 11.7 Å². The van der Waals surface area contributed by atoms with E-state index in [1.165, 1.54) is 29.7 Å². The molecule has 1 amide bonds. The summed E-state index contributed by atoms with van der Waals surface area (Å²) in [5.41, 5.74) is 5.58. The Kier molecular flexibility index (Phi) is 3.94. The minimum Gasteiger partial charge on any atom is -0.409 e. The van der Waals surface area contributed by atoms with Gasteiger partial charge in [-0.2, -0.15) is 0 Å².